The minimum absolute atomic E-state index is 0.107. The van der Waals surface area contributed by atoms with Crippen LogP contribution in [0.2, 0.25) is 0 Å². The number of nitrogens with one attached hydrogen (secondary N) is 1. The highest BCUT2D eigenvalue weighted by Crippen LogP contribution is 2.14. The predicted molar refractivity (Wildman–Crippen MR) is 63.6 cm³/mol. The number of nitro benzene ring substituents is 1. The maximum atomic E-state index is 10.6. The number of hydrogen-bond donors (Lipinski definition) is 1. The van der Waals surface area contributed by atoms with Crippen LogP contribution in [0.1, 0.15) is 5.56 Å². The van der Waals surface area contributed by atoms with Crippen LogP contribution in [0.3, 0.4) is 0 Å². The number of nitro groups is 1. The third-order valence-corrected chi connectivity index (χ3v) is 2.32. The molecule has 0 saturated carbocycles. The molecule has 6 heteroatoms. The third-order valence-electron chi connectivity index (χ3n) is 2.32. The SMILES string of the molecule is Cn1cc(NCc2cccc([N+](=O)[O-])c2)cn1. The van der Waals surface area contributed by atoms with Gasteiger partial charge in [-0.3, -0.25) is 14.8 Å². The van der Waals surface area contributed by atoms with Gasteiger partial charge >= 0.3 is 0 Å². The molecule has 1 N–H and O–H groups in total. The molecule has 0 spiro atoms. The second-order valence-electron chi connectivity index (χ2n) is 3.68. The summed E-state index contributed by atoms with van der Waals surface area (Å²) in [5.41, 5.74) is 1.86. The summed E-state index contributed by atoms with van der Waals surface area (Å²) in [7, 11) is 1.83. The van der Waals surface area contributed by atoms with Gasteiger partial charge in [0.2, 0.25) is 0 Å². The summed E-state index contributed by atoms with van der Waals surface area (Å²) in [4.78, 5) is 10.2. The first kappa shape index (κ1) is 11.1. The lowest BCUT2D eigenvalue weighted by atomic mass is 10.2. The van der Waals surface area contributed by atoms with E-state index in [4.69, 9.17) is 0 Å². The molecular formula is C11H12N4O2. The molecule has 0 aliphatic carbocycles. The lowest BCUT2D eigenvalue weighted by molar-refractivity contribution is -0.384. The Hall–Kier alpha value is -2.37. The zero-order valence-corrected chi connectivity index (χ0v) is 9.33. The Morgan fingerprint density at radius 2 is 2.35 bits per heavy atom. The van der Waals surface area contributed by atoms with Crippen LogP contribution < -0.4 is 5.32 Å². The van der Waals surface area contributed by atoms with Crippen LogP contribution in [0.4, 0.5) is 11.4 Å². The van der Waals surface area contributed by atoms with E-state index in [0.29, 0.717) is 6.54 Å². The minimum atomic E-state index is -0.395. The van der Waals surface area contributed by atoms with E-state index in [1.807, 2.05) is 19.3 Å². The Bertz CT molecular complexity index is 536. The van der Waals surface area contributed by atoms with Crippen LogP contribution in [0.5, 0.6) is 0 Å². The average Bonchev–Trinajstić information content (AvgIpc) is 2.73. The predicted octanol–water partition coefficient (Wildman–Crippen LogP) is 1.94. The van der Waals surface area contributed by atoms with Gasteiger partial charge in [-0.15, -0.1) is 0 Å². The van der Waals surface area contributed by atoms with Crippen molar-refractivity contribution >= 4 is 11.4 Å². The maximum Gasteiger partial charge on any atom is 0.269 e. The maximum absolute atomic E-state index is 10.6. The molecule has 1 aromatic carbocycles. The molecule has 17 heavy (non-hydrogen) atoms. The molecule has 0 fully saturated rings. The molecule has 2 aromatic rings. The summed E-state index contributed by atoms with van der Waals surface area (Å²) in [6, 6.07) is 6.56. The van der Waals surface area contributed by atoms with Gasteiger partial charge in [0.05, 0.1) is 16.8 Å². The smallest absolute Gasteiger partial charge is 0.269 e. The summed E-state index contributed by atoms with van der Waals surface area (Å²) in [6.07, 6.45) is 3.55. The topological polar surface area (TPSA) is 73.0 Å². The van der Waals surface area contributed by atoms with Crippen molar-refractivity contribution in [2.24, 2.45) is 7.05 Å². The molecule has 2 rings (SSSR count). The average molecular weight is 232 g/mol. The van der Waals surface area contributed by atoms with Crippen LogP contribution in [-0.2, 0) is 13.6 Å². The van der Waals surface area contributed by atoms with Crippen molar-refractivity contribution in [3.05, 3.63) is 52.3 Å². The molecule has 0 amide bonds. The zero-order valence-electron chi connectivity index (χ0n) is 9.33. The van der Waals surface area contributed by atoms with Crippen molar-refractivity contribution in [2.45, 2.75) is 6.54 Å². The molecule has 6 nitrogen and oxygen atoms in total. The summed E-state index contributed by atoms with van der Waals surface area (Å²) in [5, 5.41) is 17.8. The van der Waals surface area contributed by atoms with E-state index in [0.717, 1.165) is 11.3 Å². The number of non-ortho nitro benzene ring substituents is 1. The van der Waals surface area contributed by atoms with E-state index in [1.165, 1.54) is 6.07 Å². The van der Waals surface area contributed by atoms with Crippen LogP contribution >= 0.6 is 0 Å². The van der Waals surface area contributed by atoms with Gasteiger partial charge < -0.3 is 5.32 Å². The molecule has 0 radical (unpaired) electrons. The fourth-order valence-corrected chi connectivity index (χ4v) is 1.50. The van der Waals surface area contributed by atoms with Crippen LogP contribution in [0.15, 0.2) is 36.7 Å². The van der Waals surface area contributed by atoms with E-state index in [-0.39, 0.29) is 5.69 Å². The highest BCUT2D eigenvalue weighted by molar-refractivity contribution is 5.41. The molecule has 0 unspecified atom stereocenters. The number of aryl methyl sites for hydroxylation is 1. The van der Waals surface area contributed by atoms with Gasteiger partial charge in [0.1, 0.15) is 0 Å². The van der Waals surface area contributed by atoms with Gasteiger partial charge in [0.25, 0.3) is 5.69 Å². The van der Waals surface area contributed by atoms with Crippen molar-refractivity contribution < 1.29 is 4.92 Å². The monoisotopic (exact) mass is 232 g/mol. The highest BCUT2D eigenvalue weighted by atomic mass is 16.6. The first-order chi connectivity index (χ1) is 8.15. The van der Waals surface area contributed by atoms with Gasteiger partial charge in [-0.1, -0.05) is 12.1 Å². The Labute approximate surface area is 98.0 Å². The zero-order chi connectivity index (χ0) is 12.3. The summed E-state index contributed by atoms with van der Waals surface area (Å²) in [6.45, 7) is 0.535. The normalized spacial score (nSPS) is 10.2. The second kappa shape index (κ2) is 4.65. The number of hydrogen-bond acceptors (Lipinski definition) is 4. The van der Waals surface area contributed by atoms with Crippen LogP contribution in [0, 0.1) is 10.1 Å². The lowest BCUT2D eigenvalue weighted by Gasteiger charge is -2.03. The third kappa shape index (κ3) is 2.81. The lowest BCUT2D eigenvalue weighted by Crippen LogP contribution is -1.99. The van der Waals surface area contributed by atoms with Gasteiger partial charge in [-0.25, -0.2) is 0 Å². The van der Waals surface area contributed by atoms with Gasteiger partial charge in [-0.05, 0) is 5.56 Å². The summed E-state index contributed by atoms with van der Waals surface area (Å²) < 4.78 is 1.69. The molecule has 0 saturated heterocycles. The molecule has 0 aliphatic rings. The van der Waals surface area contributed by atoms with Crippen LogP contribution in [-0.4, -0.2) is 14.7 Å². The van der Waals surface area contributed by atoms with E-state index in [1.54, 1.807) is 23.0 Å². The van der Waals surface area contributed by atoms with Crippen molar-refractivity contribution in [1.82, 2.24) is 9.78 Å². The van der Waals surface area contributed by atoms with Gasteiger partial charge in [-0.2, -0.15) is 5.10 Å². The van der Waals surface area contributed by atoms with E-state index < -0.39 is 4.92 Å². The Morgan fingerprint density at radius 1 is 1.53 bits per heavy atom. The van der Waals surface area contributed by atoms with E-state index in [9.17, 15) is 10.1 Å². The van der Waals surface area contributed by atoms with Crippen molar-refractivity contribution in [1.29, 1.82) is 0 Å². The van der Waals surface area contributed by atoms with Crippen molar-refractivity contribution in [3.63, 3.8) is 0 Å². The van der Waals surface area contributed by atoms with Crippen molar-refractivity contribution in [3.8, 4) is 0 Å². The largest absolute Gasteiger partial charge is 0.378 e. The number of benzene rings is 1. The molecule has 0 aliphatic heterocycles. The van der Waals surface area contributed by atoms with Crippen molar-refractivity contribution in [2.75, 3.05) is 5.32 Å². The quantitative estimate of drug-likeness (QED) is 0.645. The fourth-order valence-electron chi connectivity index (χ4n) is 1.50. The van der Waals surface area contributed by atoms with Gasteiger partial charge in [0, 0.05) is 31.9 Å². The fraction of sp³-hybridized carbons (Fsp3) is 0.182. The first-order valence-electron chi connectivity index (χ1n) is 5.11. The highest BCUT2D eigenvalue weighted by Gasteiger charge is 2.05. The van der Waals surface area contributed by atoms with E-state index >= 15 is 0 Å². The number of anilines is 1. The number of rotatable bonds is 4. The Kier molecular flexibility index (Phi) is 3.04. The first-order valence-corrected chi connectivity index (χ1v) is 5.11. The molecule has 1 aromatic heterocycles. The number of aromatic nitrogens is 2. The van der Waals surface area contributed by atoms with Crippen LogP contribution in [0.25, 0.3) is 0 Å². The number of nitrogens with zero attached hydrogens (tertiary/aromatic N) is 3. The molecule has 0 bridgehead atoms. The Balaban J connectivity index is 2.04. The Morgan fingerprint density at radius 3 is 3.00 bits per heavy atom. The molecule has 88 valence electrons. The minimum Gasteiger partial charge on any atom is -0.378 e. The van der Waals surface area contributed by atoms with E-state index in [2.05, 4.69) is 10.4 Å². The molecular weight excluding hydrogens is 220 g/mol. The standard InChI is InChI=1S/C11H12N4O2/c1-14-8-10(7-13-14)12-6-9-3-2-4-11(5-9)15(16)17/h2-5,7-8,12H,6H2,1H3. The molecule has 0 atom stereocenters. The van der Waals surface area contributed by atoms with Gasteiger partial charge in [0.15, 0.2) is 0 Å². The molecule has 1 heterocycles. The second-order valence-corrected chi connectivity index (χ2v) is 3.68. The summed E-state index contributed by atoms with van der Waals surface area (Å²) in [5.74, 6) is 0. The summed E-state index contributed by atoms with van der Waals surface area (Å²) >= 11 is 0.